The van der Waals surface area contributed by atoms with Crippen LogP contribution in [-0.2, 0) is 0 Å². The molecule has 0 aromatic rings. The Bertz CT molecular complexity index is 47.7. The maximum absolute atomic E-state index is 8.56. The fourth-order valence-electron chi connectivity index (χ4n) is 0. The van der Waals surface area contributed by atoms with Crippen LogP contribution in [0.25, 0.3) is 0 Å². The smallest absolute Gasteiger partial charge is 1.00 e. The Morgan fingerprint density at radius 1 is 1.29 bits per heavy atom. The van der Waals surface area contributed by atoms with E-state index in [-0.39, 0.29) is 112 Å². The van der Waals surface area contributed by atoms with E-state index in [2.05, 4.69) is 0 Å². The van der Waals surface area contributed by atoms with E-state index in [9.17, 15) is 0 Å². The zero-order valence-electron chi connectivity index (χ0n) is 9.22. The predicted octanol–water partition coefficient (Wildman–Crippen LogP) is -2.97. The third kappa shape index (κ3) is 52.1. The first-order chi connectivity index (χ1) is 1.73. The van der Waals surface area contributed by atoms with Crippen LogP contribution in [0.5, 0.6) is 0 Å². The van der Waals surface area contributed by atoms with Gasteiger partial charge in [0.05, 0.1) is 0 Å². The number of hydrogen-bond acceptors (Lipinski definition) is 1. The molecule has 3 nitrogen and oxygen atoms in total. The topological polar surface area (TPSA) is 57.5 Å². The minimum atomic E-state index is -1.83. The summed E-state index contributed by atoms with van der Waals surface area (Å²) in [6.45, 7) is 0. The first kappa shape index (κ1) is 22.6. The summed E-state index contributed by atoms with van der Waals surface area (Å²) in [6.07, 6.45) is -1.83. The predicted molar refractivity (Wildman–Crippen MR) is 27.7 cm³/mol. The van der Waals surface area contributed by atoms with Crippen LogP contribution in [0.15, 0.2) is 0 Å². The second-order valence-electron chi connectivity index (χ2n) is 0.283. The van der Waals surface area contributed by atoms with E-state index < -0.39 is 6.16 Å². The number of carbonyl (C=O) groups is 1. The van der Waals surface area contributed by atoms with Crippen molar-refractivity contribution in [2.24, 2.45) is 0 Å². The van der Waals surface area contributed by atoms with E-state index >= 15 is 0 Å². The Kier molecular flexibility index (Phi) is 51.3. The molecule has 0 aliphatic rings. The summed E-state index contributed by atoms with van der Waals surface area (Å²) < 4.78 is 0. The molecule has 34 valence electrons. The molecule has 0 heterocycles. The van der Waals surface area contributed by atoms with Crippen LogP contribution in [0.2, 0.25) is 0 Å². The molecule has 0 radical (unpaired) electrons. The largest absolute Gasteiger partial charge is 2.00 e. The van der Waals surface area contributed by atoms with E-state index in [1.807, 2.05) is 0 Å². The Morgan fingerprint density at radius 3 is 1.29 bits per heavy atom. The zero-order valence-corrected chi connectivity index (χ0v) is 10.6. The van der Waals surface area contributed by atoms with Crippen LogP contribution in [0.1, 0.15) is 7.13 Å². The molecule has 0 spiro atoms. The number of carboxylic acid groups (broad SMARTS) is 2. The van der Waals surface area contributed by atoms with Gasteiger partial charge in [0.1, 0.15) is 0 Å². The van der Waals surface area contributed by atoms with E-state index in [1.54, 1.807) is 0 Å². The molecule has 0 aliphatic carbocycles. The van der Waals surface area contributed by atoms with Crippen molar-refractivity contribution in [2.45, 2.75) is 0 Å². The average Bonchev–Trinajstić information content (AvgIpc) is 0.811. The SMILES string of the molecule is O=C(O)O.[Ca+2].[Ca+2].[H-].[H-].[H-].[H-].[H-].[Na+]. The first-order valence-electron chi connectivity index (χ1n) is 0.651. The Morgan fingerprint density at radius 2 is 1.29 bits per heavy atom. The van der Waals surface area contributed by atoms with Gasteiger partial charge in [0, 0.05) is 0 Å². The molecule has 7 heavy (non-hydrogen) atoms. The summed E-state index contributed by atoms with van der Waals surface area (Å²) in [5.41, 5.74) is 0. The van der Waals surface area contributed by atoms with Crippen LogP contribution in [0, 0.1) is 0 Å². The van der Waals surface area contributed by atoms with Gasteiger partial charge in [-0.15, -0.1) is 0 Å². The summed E-state index contributed by atoms with van der Waals surface area (Å²) in [5.74, 6) is 0. The van der Waals surface area contributed by atoms with Crippen molar-refractivity contribution in [1.29, 1.82) is 0 Å². The molecule has 0 atom stereocenters. The Hall–Kier alpha value is 2.79. The van der Waals surface area contributed by atoms with Gasteiger partial charge in [-0.25, -0.2) is 4.79 Å². The average molecular weight is 170 g/mol. The monoisotopic (exact) mass is 170 g/mol. The molecule has 0 saturated heterocycles. The van der Waals surface area contributed by atoms with Crippen LogP contribution in [0.4, 0.5) is 4.79 Å². The van der Waals surface area contributed by atoms with Gasteiger partial charge in [-0.1, -0.05) is 0 Å². The summed E-state index contributed by atoms with van der Waals surface area (Å²) >= 11 is 0. The van der Waals surface area contributed by atoms with E-state index in [0.29, 0.717) is 0 Å². The molecule has 6 heteroatoms. The van der Waals surface area contributed by atoms with Gasteiger partial charge in [-0.3, -0.25) is 0 Å². The van der Waals surface area contributed by atoms with Crippen molar-refractivity contribution < 1.29 is 51.7 Å². The van der Waals surface area contributed by atoms with Gasteiger partial charge in [0.2, 0.25) is 0 Å². The summed E-state index contributed by atoms with van der Waals surface area (Å²) in [7, 11) is 0. The van der Waals surface area contributed by atoms with Crippen molar-refractivity contribution in [1.82, 2.24) is 0 Å². The number of hydrogen-bond donors (Lipinski definition) is 2. The molecule has 0 unspecified atom stereocenters. The maximum Gasteiger partial charge on any atom is 2.00 e. The molecule has 0 saturated carbocycles. The number of rotatable bonds is 0. The molecule has 0 aromatic heterocycles. The van der Waals surface area contributed by atoms with Gasteiger partial charge < -0.3 is 17.3 Å². The standard InChI is InChI=1S/CH2O3.2Ca.Na.5H/c2-1(3)4;;;;;;;;/h(H2,2,3,4);;;;;;;;/q;2*+2;+1;5*-1. The summed E-state index contributed by atoms with van der Waals surface area (Å²) in [4.78, 5) is 8.56. The third-order valence-electron chi connectivity index (χ3n) is 0. The summed E-state index contributed by atoms with van der Waals surface area (Å²) in [6, 6.07) is 0. The van der Waals surface area contributed by atoms with Gasteiger partial charge in [0.15, 0.2) is 0 Å². The Balaban J connectivity index is -0.00000000161. The van der Waals surface area contributed by atoms with Crippen molar-refractivity contribution in [3.8, 4) is 0 Å². The second kappa shape index (κ2) is 15.9. The van der Waals surface area contributed by atoms with E-state index in [1.165, 1.54) is 0 Å². The second-order valence-corrected chi connectivity index (χ2v) is 0.283. The molecular weight excluding hydrogens is 163 g/mol. The van der Waals surface area contributed by atoms with E-state index in [4.69, 9.17) is 15.0 Å². The van der Waals surface area contributed by atoms with Crippen LogP contribution >= 0.6 is 0 Å². The first-order valence-corrected chi connectivity index (χ1v) is 0.651. The molecule has 0 bridgehead atoms. The normalized spacial score (nSPS) is 3.43. The van der Waals surface area contributed by atoms with Gasteiger partial charge in [0.25, 0.3) is 0 Å². The van der Waals surface area contributed by atoms with Crippen molar-refractivity contribution in [2.75, 3.05) is 0 Å². The van der Waals surface area contributed by atoms with E-state index in [0.717, 1.165) is 0 Å². The zero-order chi connectivity index (χ0) is 3.58. The minimum Gasteiger partial charge on any atom is -1.00 e. The summed E-state index contributed by atoms with van der Waals surface area (Å²) in [5, 5.41) is 13.9. The van der Waals surface area contributed by atoms with Gasteiger partial charge in [-0.05, 0) is 0 Å². The van der Waals surface area contributed by atoms with Crippen molar-refractivity contribution in [3.05, 3.63) is 0 Å². The van der Waals surface area contributed by atoms with Crippen LogP contribution in [-0.4, -0.2) is 91.8 Å². The van der Waals surface area contributed by atoms with Crippen LogP contribution < -0.4 is 29.6 Å². The minimum absolute atomic E-state index is 0. The molecule has 0 aliphatic heterocycles. The molecular formula is CH7Ca2NaO3. The molecule has 0 rings (SSSR count). The van der Waals surface area contributed by atoms with Gasteiger partial charge in [-0.2, -0.15) is 0 Å². The molecule has 0 aromatic carbocycles. The molecule has 0 fully saturated rings. The van der Waals surface area contributed by atoms with Crippen molar-refractivity contribution >= 4 is 81.6 Å². The molecule has 2 N–H and O–H groups in total. The fourth-order valence-corrected chi connectivity index (χ4v) is 0. The van der Waals surface area contributed by atoms with Gasteiger partial charge >= 0.3 is 111 Å². The van der Waals surface area contributed by atoms with Crippen LogP contribution in [0.3, 0.4) is 0 Å². The molecule has 0 amide bonds. The quantitative estimate of drug-likeness (QED) is 0.382. The Labute approximate surface area is 131 Å². The third-order valence-corrected chi connectivity index (χ3v) is 0. The van der Waals surface area contributed by atoms with Crippen molar-refractivity contribution in [3.63, 3.8) is 0 Å². The fraction of sp³-hybridized carbons (Fsp3) is 0. The maximum atomic E-state index is 8.56.